The first-order chi connectivity index (χ1) is 20.2. The van der Waals surface area contributed by atoms with E-state index in [0.717, 1.165) is 62.4 Å². The van der Waals surface area contributed by atoms with Crippen LogP contribution in [0.5, 0.6) is 0 Å². The third kappa shape index (κ3) is 8.18. The van der Waals surface area contributed by atoms with Crippen molar-refractivity contribution >= 4 is 23.1 Å². The molecule has 0 atom stereocenters. The summed E-state index contributed by atoms with van der Waals surface area (Å²) in [6.07, 6.45) is 8.68. The highest BCUT2D eigenvalue weighted by molar-refractivity contribution is 6.06. The number of aromatic nitrogens is 1. The van der Waals surface area contributed by atoms with E-state index in [1.165, 1.54) is 31.4 Å². The molecule has 0 radical (unpaired) electrons. The molecular formula is C35H41N5O. The molecule has 212 valence electrons. The lowest BCUT2D eigenvalue weighted by molar-refractivity contribution is 0.102. The number of hydrogen-bond donors (Lipinski definition) is 2. The Bertz CT molecular complexity index is 1380. The van der Waals surface area contributed by atoms with Crippen LogP contribution < -0.4 is 16.0 Å². The molecule has 1 aliphatic heterocycles. The molecule has 0 aliphatic carbocycles. The van der Waals surface area contributed by atoms with Gasteiger partial charge in [0, 0.05) is 25.8 Å². The van der Waals surface area contributed by atoms with Crippen LogP contribution in [0.2, 0.25) is 0 Å². The number of rotatable bonds is 7. The molecule has 0 bridgehead atoms. The van der Waals surface area contributed by atoms with Crippen LogP contribution in [0.25, 0.3) is 11.1 Å². The lowest BCUT2D eigenvalue weighted by atomic mass is 10.0. The van der Waals surface area contributed by atoms with E-state index in [-0.39, 0.29) is 5.91 Å². The molecule has 1 aromatic heterocycles. The van der Waals surface area contributed by atoms with Crippen molar-refractivity contribution < 1.29 is 4.79 Å². The van der Waals surface area contributed by atoms with Crippen LogP contribution in [0, 0.1) is 0 Å². The van der Waals surface area contributed by atoms with Gasteiger partial charge in [0.1, 0.15) is 5.82 Å². The van der Waals surface area contributed by atoms with E-state index < -0.39 is 0 Å². The van der Waals surface area contributed by atoms with Gasteiger partial charge in [-0.1, -0.05) is 73.2 Å². The van der Waals surface area contributed by atoms with Crippen molar-refractivity contribution in [2.45, 2.75) is 38.5 Å². The molecule has 1 aliphatic rings. The minimum atomic E-state index is -0.214. The van der Waals surface area contributed by atoms with Gasteiger partial charge in [0.15, 0.2) is 0 Å². The van der Waals surface area contributed by atoms with E-state index in [0.29, 0.717) is 16.9 Å². The van der Waals surface area contributed by atoms with Gasteiger partial charge in [-0.05, 0) is 86.1 Å². The number of nitrogens with zero attached hydrogens (tertiary/aromatic N) is 3. The summed E-state index contributed by atoms with van der Waals surface area (Å²) in [7, 11) is 0. The predicted molar refractivity (Wildman–Crippen MR) is 170 cm³/mol. The predicted octanol–water partition coefficient (Wildman–Crippen LogP) is 6.90. The van der Waals surface area contributed by atoms with E-state index in [9.17, 15) is 4.79 Å². The minimum Gasteiger partial charge on any atom is -0.397 e. The molecule has 1 amide bonds. The van der Waals surface area contributed by atoms with Crippen molar-refractivity contribution in [2.24, 2.45) is 0 Å². The largest absolute Gasteiger partial charge is 0.397 e. The lowest BCUT2D eigenvalue weighted by Gasteiger charge is -2.24. The molecule has 2 heterocycles. The molecule has 3 N–H and O–H groups in total. The molecule has 6 heteroatoms. The zero-order valence-electron chi connectivity index (χ0n) is 23.8. The molecule has 5 rings (SSSR count). The number of nitrogens with two attached hydrogens (primary N) is 1. The normalized spacial score (nSPS) is 15.2. The monoisotopic (exact) mass is 547 g/mol. The summed E-state index contributed by atoms with van der Waals surface area (Å²) in [4.78, 5) is 22.8. The molecule has 6 nitrogen and oxygen atoms in total. The number of carbonyl (C=O) groups is 1. The van der Waals surface area contributed by atoms with Crippen LogP contribution in [0.15, 0.2) is 97.2 Å². The van der Waals surface area contributed by atoms with Crippen LogP contribution in [-0.2, 0) is 6.42 Å². The standard InChI is InChI=1S/C35H41N5O/c36-32-18-16-30(29-14-6-2-7-15-29)26-33(32)38-35(41)31-17-19-34(37-27-31)40-23-9-3-8-21-39(22-10-11-24-40)25-20-28-12-4-1-5-13-28/h1-2,4-7,12-19,26-27H,3,8-11,20-25,36H2,(H,38,41). The van der Waals surface area contributed by atoms with Crippen LogP contribution in [0.4, 0.5) is 17.2 Å². The third-order valence-electron chi connectivity index (χ3n) is 7.86. The summed E-state index contributed by atoms with van der Waals surface area (Å²) in [6, 6.07) is 30.4. The Kier molecular flexibility index (Phi) is 10.0. The minimum absolute atomic E-state index is 0.214. The zero-order valence-corrected chi connectivity index (χ0v) is 23.8. The number of nitrogens with one attached hydrogen (secondary N) is 1. The van der Waals surface area contributed by atoms with Crippen LogP contribution in [0.1, 0.15) is 48.0 Å². The summed E-state index contributed by atoms with van der Waals surface area (Å²) < 4.78 is 0. The van der Waals surface area contributed by atoms with Crippen LogP contribution >= 0.6 is 0 Å². The van der Waals surface area contributed by atoms with E-state index in [4.69, 9.17) is 10.7 Å². The number of benzene rings is 3. The van der Waals surface area contributed by atoms with Gasteiger partial charge >= 0.3 is 0 Å². The Morgan fingerprint density at radius 1 is 0.756 bits per heavy atom. The summed E-state index contributed by atoms with van der Waals surface area (Å²) in [5.41, 5.74) is 11.3. The summed E-state index contributed by atoms with van der Waals surface area (Å²) in [5.74, 6) is 0.723. The van der Waals surface area contributed by atoms with Gasteiger partial charge in [-0.15, -0.1) is 0 Å². The number of amides is 1. The maximum Gasteiger partial charge on any atom is 0.257 e. The first kappa shape index (κ1) is 28.4. The first-order valence-corrected chi connectivity index (χ1v) is 14.9. The molecule has 1 fully saturated rings. The number of anilines is 3. The number of pyridine rings is 1. The van der Waals surface area contributed by atoms with Gasteiger partial charge in [-0.3, -0.25) is 4.79 Å². The fourth-order valence-electron chi connectivity index (χ4n) is 5.44. The first-order valence-electron chi connectivity index (χ1n) is 14.9. The molecule has 1 saturated heterocycles. The summed E-state index contributed by atoms with van der Waals surface area (Å²) in [6.45, 7) is 5.41. The van der Waals surface area contributed by atoms with Gasteiger partial charge < -0.3 is 20.9 Å². The van der Waals surface area contributed by atoms with Gasteiger partial charge in [-0.2, -0.15) is 0 Å². The Morgan fingerprint density at radius 3 is 2.17 bits per heavy atom. The molecule has 41 heavy (non-hydrogen) atoms. The molecule has 0 unspecified atom stereocenters. The van der Waals surface area contributed by atoms with Crippen LogP contribution in [-0.4, -0.2) is 48.5 Å². The van der Waals surface area contributed by atoms with Crippen molar-refractivity contribution in [2.75, 3.05) is 48.7 Å². The van der Waals surface area contributed by atoms with Gasteiger partial charge in [0.25, 0.3) is 5.91 Å². The molecule has 4 aromatic rings. The summed E-state index contributed by atoms with van der Waals surface area (Å²) in [5, 5.41) is 2.98. The molecule has 0 saturated carbocycles. The van der Waals surface area contributed by atoms with Crippen molar-refractivity contribution in [1.82, 2.24) is 9.88 Å². The van der Waals surface area contributed by atoms with E-state index in [2.05, 4.69) is 45.4 Å². The topological polar surface area (TPSA) is 74.5 Å². The second-order valence-electron chi connectivity index (χ2n) is 10.9. The quantitative estimate of drug-likeness (QED) is 0.246. The highest BCUT2D eigenvalue weighted by Gasteiger charge is 2.14. The smallest absolute Gasteiger partial charge is 0.257 e. The van der Waals surface area contributed by atoms with E-state index in [1.54, 1.807) is 6.20 Å². The average molecular weight is 548 g/mol. The second-order valence-corrected chi connectivity index (χ2v) is 10.9. The van der Waals surface area contributed by atoms with Crippen molar-refractivity contribution in [3.8, 4) is 11.1 Å². The number of hydrogen-bond acceptors (Lipinski definition) is 5. The second kappa shape index (κ2) is 14.5. The van der Waals surface area contributed by atoms with Gasteiger partial charge in [0.2, 0.25) is 0 Å². The van der Waals surface area contributed by atoms with E-state index in [1.807, 2.05) is 60.7 Å². The van der Waals surface area contributed by atoms with Gasteiger partial charge in [0.05, 0.1) is 16.9 Å². The fourth-order valence-corrected chi connectivity index (χ4v) is 5.44. The lowest BCUT2D eigenvalue weighted by Crippen LogP contribution is -2.29. The zero-order chi connectivity index (χ0) is 28.3. The van der Waals surface area contributed by atoms with Crippen LogP contribution in [0.3, 0.4) is 0 Å². The third-order valence-corrected chi connectivity index (χ3v) is 7.86. The number of nitrogen functional groups attached to an aromatic ring is 1. The molecule has 0 spiro atoms. The molecular weight excluding hydrogens is 506 g/mol. The fraction of sp³-hybridized carbons (Fsp3) is 0.314. The Morgan fingerprint density at radius 2 is 1.44 bits per heavy atom. The van der Waals surface area contributed by atoms with E-state index >= 15 is 0 Å². The van der Waals surface area contributed by atoms with Gasteiger partial charge in [-0.25, -0.2) is 4.98 Å². The average Bonchev–Trinajstić information content (AvgIpc) is 3.07. The maximum atomic E-state index is 13.1. The van der Waals surface area contributed by atoms with Crippen molar-refractivity contribution in [3.05, 3.63) is 108 Å². The molecule has 3 aromatic carbocycles. The van der Waals surface area contributed by atoms with Crippen molar-refractivity contribution in [3.63, 3.8) is 0 Å². The highest BCUT2D eigenvalue weighted by atomic mass is 16.1. The highest BCUT2D eigenvalue weighted by Crippen LogP contribution is 2.27. The summed E-state index contributed by atoms with van der Waals surface area (Å²) >= 11 is 0. The SMILES string of the molecule is Nc1ccc(-c2ccccc2)cc1NC(=O)c1ccc(N2CCCCCN(CCc3ccccc3)CCCC2)nc1. The Balaban J connectivity index is 1.16. The Labute approximate surface area is 244 Å². The maximum absolute atomic E-state index is 13.1. The number of carbonyl (C=O) groups excluding carboxylic acids is 1. The Hall–Kier alpha value is -4.16. The van der Waals surface area contributed by atoms with Crippen molar-refractivity contribution in [1.29, 1.82) is 0 Å².